The van der Waals surface area contributed by atoms with E-state index < -0.39 is 0 Å². The van der Waals surface area contributed by atoms with E-state index in [4.69, 9.17) is 14.2 Å². The second-order valence-corrected chi connectivity index (χ2v) is 10.5. The highest BCUT2D eigenvalue weighted by atomic mass is 16.7. The fraction of sp³-hybridized carbons (Fsp3) is 0.917. The molecule has 0 unspecified atom stereocenters. The van der Waals surface area contributed by atoms with Crippen LogP contribution < -0.4 is 0 Å². The first-order chi connectivity index (χ1) is 13.0. The largest absolute Gasteiger partial charge is 0.378 e. The Morgan fingerprint density at radius 3 is 2.63 bits per heavy atom. The normalized spacial score (nSPS) is 48.0. The SMILES string of the molecule is CCCO[C@H]1CC[C@@H]2[C@H]3CC=C4CC5(CC[C@]4(C)[C@@H]3CC[C@@]12C)OCCO5. The highest BCUT2D eigenvalue weighted by molar-refractivity contribution is 5.26. The van der Waals surface area contributed by atoms with E-state index >= 15 is 0 Å². The summed E-state index contributed by atoms with van der Waals surface area (Å²) in [6, 6.07) is 0. The summed E-state index contributed by atoms with van der Waals surface area (Å²) in [5.41, 5.74) is 2.43. The van der Waals surface area contributed by atoms with Crippen molar-refractivity contribution >= 4 is 0 Å². The van der Waals surface area contributed by atoms with E-state index in [2.05, 4.69) is 26.8 Å². The van der Waals surface area contributed by atoms with Crippen LogP contribution in [0, 0.1) is 28.6 Å². The fourth-order valence-electron chi connectivity index (χ4n) is 7.83. The first-order valence-corrected chi connectivity index (χ1v) is 11.6. The number of rotatable bonds is 3. The van der Waals surface area contributed by atoms with E-state index in [0.717, 1.165) is 56.8 Å². The summed E-state index contributed by atoms with van der Waals surface area (Å²) in [5, 5.41) is 0. The molecule has 1 spiro atoms. The Balaban J connectivity index is 1.39. The van der Waals surface area contributed by atoms with Crippen molar-refractivity contribution in [3.8, 4) is 0 Å². The molecule has 0 N–H and O–H groups in total. The summed E-state index contributed by atoms with van der Waals surface area (Å²) in [7, 11) is 0. The highest BCUT2D eigenvalue weighted by Gasteiger charge is 2.60. The van der Waals surface area contributed by atoms with Crippen LogP contribution in [-0.2, 0) is 14.2 Å². The molecule has 1 saturated heterocycles. The molecular formula is C24H38O3. The average Bonchev–Trinajstić information content (AvgIpc) is 3.25. The highest BCUT2D eigenvalue weighted by Crippen LogP contribution is 2.66. The van der Waals surface area contributed by atoms with Crippen LogP contribution in [0.2, 0.25) is 0 Å². The Morgan fingerprint density at radius 2 is 1.85 bits per heavy atom. The Kier molecular flexibility index (Phi) is 4.53. The predicted octanol–water partition coefficient (Wildman–Crippen LogP) is 5.49. The first-order valence-electron chi connectivity index (χ1n) is 11.6. The molecule has 3 nitrogen and oxygen atoms in total. The molecule has 0 amide bonds. The molecule has 0 radical (unpaired) electrons. The van der Waals surface area contributed by atoms with Gasteiger partial charge in [-0.1, -0.05) is 32.4 Å². The third-order valence-corrected chi connectivity index (χ3v) is 9.36. The summed E-state index contributed by atoms with van der Waals surface area (Å²) in [4.78, 5) is 0. The average molecular weight is 375 g/mol. The van der Waals surface area contributed by atoms with E-state index in [-0.39, 0.29) is 5.79 Å². The summed E-state index contributed by atoms with van der Waals surface area (Å²) >= 11 is 0. The first kappa shape index (κ1) is 18.6. The zero-order valence-corrected chi connectivity index (χ0v) is 17.6. The van der Waals surface area contributed by atoms with Gasteiger partial charge in [-0.2, -0.15) is 0 Å². The predicted molar refractivity (Wildman–Crippen MR) is 106 cm³/mol. The maximum atomic E-state index is 6.35. The van der Waals surface area contributed by atoms with Crippen molar-refractivity contribution in [2.45, 2.75) is 90.4 Å². The summed E-state index contributed by atoms with van der Waals surface area (Å²) < 4.78 is 18.5. The van der Waals surface area contributed by atoms with Gasteiger partial charge in [-0.15, -0.1) is 0 Å². The van der Waals surface area contributed by atoms with Crippen LogP contribution in [0.5, 0.6) is 0 Å². The number of ether oxygens (including phenoxy) is 3. The number of hydrogen-bond donors (Lipinski definition) is 0. The molecule has 1 aliphatic heterocycles. The third-order valence-electron chi connectivity index (χ3n) is 9.36. The lowest BCUT2D eigenvalue weighted by molar-refractivity contribution is -0.186. The molecule has 1 heterocycles. The van der Waals surface area contributed by atoms with Crippen molar-refractivity contribution in [2.24, 2.45) is 28.6 Å². The van der Waals surface area contributed by atoms with Crippen molar-refractivity contribution in [3.05, 3.63) is 11.6 Å². The minimum absolute atomic E-state index is 0.284. The van der Waals surface area contributed by atoms with Crippen LogP contribution in [-0.4, -0.2) is 31.7 Å². The zero-order chi connectivity index (χ0) is 18.7. The molecule has 4 fully saturated rings. The molecule has 6 atom stereocenters. The van der Waals surface area contributed by atoms with Gasteiger partial charge in [-0.3, -0.25) is 0 Å². The van der Waals surface area contributed by atoms with E-state index in [1.807, 2.05) is 0 Å². The molecule has 0 aromatic rings. The van der Waals surface area contributed by atoms with Gasteiger partial charge >= 0.3 is 0 Å². The second-order valence-electron chi connectivity index (χ2n) is 10.5. The fourth-order valence-corrected chi connectivity index (χ4v) is 7.83. The van der Waals surface area contributed by atoms with Crippen LogP contribution in [0.4, 0.5) is 0 Å². The Hall–Kier alpha value is -0.380. The Labute approximate surface area is 165 Å². The van der Waals surface area contributed by atoms with E-state index in [9.17, 15) is 0 Å². The van der Waals surface area contributed by atoms with Gasteiger partial charge in [-0.25, -0.2) is 0 Å². The van der Waals surface area contributed by atoms with Gasteiger partial charge in [0, 0.05) is 19.4 Å². The van der Waals surface area contributed by atoms with Gasteiger partial charge in [0.1, 0.15) is 0 Å². The summed E-state index contributed by atoms with van der Waals surface area (Å²) in [6.07, 6.45) is 14.2. The van der Waals surface area contributed by atoms with Crippen molar-refractivity contribution in [1.82, 2.24) is 0 Å². The standard InChI is InChI=1S/C24H38O3/c1-4-13-25-21-8-7-19-18-6-5-17-16-24(26-14-15-27-24)12-11-22(17,2)20(18)9-10-23(19,21)3/h5,18-21H,4,6-16H2,1-3H3/t18-,19-,20-,21+,22+,23-/m1/s1. The molecule has 3 heteroatoms. The van der Waals surface area contributed by atoms with Crippen LogP contribution in [0.3, 0.4) is 0 Å². The van der Waals surface area contributed by atoms with Gasteiger partial charge in [0.05, 0.1) is 19.3 Å². The van der Waals surface area contributed by atoms with Gasteiger partial charge in [0.15, 0.2) is 5.79 Å². The molecular weight excluding hydrogens is 336 g/mol. The summed E-state index contributed by atoms with van der Waals surface area (Å²) in [6.45, 7) is 9.84. The van der Waals surface area contributed by atoms with Gasteiger partial charge in [0.25, 0.3) is 0 Å². The van der Waals surface area contributed by atoms with E-state index in [1.165, 1.54) is 38.5 Å². The number of hydrogen-bond acceptors (Lipinski definition) is 3. The topological polar surface area (TPSA) is 27.7 Å². The minimum atomic E-state index is -0.284. The molecule has 4 aliphatic carbocycles. The maximum Gasteiger partial charge on any atom is 0.172 e. The monoisotopic (exact) mass is 374 g/mol. The smallest absolute Gasteiger partial charge is 0.172 e. The van der Waals surface area contributed by atoms with Crippen LogP contribution >= 0.6 is 0 Å². The molecule has 0 aromatic carbocycles. The Bertz CT molecular complexity index is 607. The number of fused-ring (bicyclic) bond motifs is 5. The molecule has 5 aliphatic rings. The van der Waals surface area contributed by atoms with Gasteiger partial charge in [0.2, 0.25) is 0 Å². The van der Waals surface area contributed by atoms with Crippen molar-refractivity contribution in [3.63, 3.8) is 0 Å². The van der Waals surface area contributed by atoms with Crippen LogP contribution in [0.15, 0.2) is 11.6 Å². The van der Waals surface area contributed by atoms with E-state index in [0.29, 0.717) is 16.9 Å². The van der Waals surface area contributed by atoms with E-state index in [1.54, 1.807) is 5.57 Å². The van der Waals surface area contributed by atoms with Crippen LogP contribution in [0.1, 0.15) is 78.6 Å². The van der Waals surface area contributed by atoms with Crippen LogP contribution in [0.25, 0.3) is 0 Å². The lowest BCUT2D eigenvalue weighted by Crippen LogP contribution is -2.53. The molecule has 0 bridgehead atoms. The number of allylic oxidation sites excluding steroid dienone is 1. The minimum Gasteiger partial charge on any atom is -0.378 e. The molecule has 3 saturated carbocycles. The van der Waals surface area contributed by atoms with Gasteiger partial charge < -0.3 is 14.2 Å². The quantitative estimate of drug-likeness (QED) is 0.612. The molecule has 152 valence electrons. The van der Waals surface area contributed by atoms with Crippen molar-refractivity contribution < 1.29 is 14.2 Å². The molecule has 0 aromatic heterocycles. The second kappa shape index (κ2) is 6.57. The van der Waals surface area contributed by atoms with Crippen molar-refractivity contribution in [1.29, 1.82) is 0 Å². The van der Waals surface area contributed by atoms with Gasteiger partial charge in [-0.05, 0) is 73.5 Å². The summed E-state index contributed by atoms with van der Waals surface area (Å²) in [5.74, 6) is 2.27. The lowest BCUT2D eigenvalue weighted by Gasteiger charge is -2.58. The van der Waals surface area contributed by atoms with Crippen molar-refractivity contribution in [2.75, 3.05) is 19.8 Å². The zero-order valence-electron chi connectivity index (χ0n) is 17.6. The molecule has 5 rings (SSSR count). The Morgan fingerprint density at radius 1 is 1.04 bits per heavy atom. The maximum absolute atomic E-state index is 6.35. The third kappa shape index (κ3) is 2.71. The molecule has 27 heavy (non-hydrogen) atoms. The lowest BCUT2D eigenvalue weighted by atomic mass is 9.47.